The molecule has 94 valence electrons. The molecular weight excluding hydrogens is 281 g/mol. The molecule has 0 radical (unpaired) electrons. The summed E-state index contributed by atoms with van der Waals surface area (Å²) in [4.78, 5) is 0. The molecule has 0 fully saturated rings. The normalized spacial score (nSPS) is 12.5. The summed E-state index contributed by atoms with van der Waals surface area (Å²) in [6.07, 6.45) is 1.89. The molecule has 0 aliphatic carbocycles. The van der Waals surface area contributed by atoms with Crippen molar-refractivity contribution in [1.82, 2.24) is 5.32 Å². The SMILES string of the molecule is C=C(C)CC(NCCC)c1cc(F)cc(Br)c1. The molecule has 1 atom stereocenters. The van der Waals surface area contributed by atoms with Crippen molar-refractivity contribution in [2.24, 2.45) is 0 Å². The number of halogens is 2. The maximum Gasteiger partial charge on any atom is 0.124 e. The quantitative estimate of drug-likeness (QED) is 0.757. The molecule has 0 heterocycles. The Balaban J connectivity index is 2.90. The van der Waals surface area contributed by atoms with E-state index >= 15 is 0 Å². The van der Waals surface area contributed by atoms with Crippen LogP contribution < -0.4 is 5.32 Å². The van der Waals surface area contributed by atoms with Gasteiger partial charge in [0, 0.05) is 10.5 Å². The van der Waals surface area contributed by atoms with E-state index in [4.69, 9.17) is 0 Å². The highest BCUT2D eigenvalue weighted by atomic mass is 79.9. The van der Waals surface area contributed by atoms with Crippen LogP contribution in [0, 0.1) is 5.82 Å². The summed E-state index contributed by atoms with van der Waals surface area (Å²) in [6, 6.07) is 5.15. The number of benzene rings is 1. The van der Waals surface area contributed by atoms with Gasteiger partial charge < -0.3 is 5.32 Å². The first-order valence-electron chi connectivity index (χ1n) is 5.86. The van der Waals surface area contributed by atoms with E-state index < -0.39 is 0 Å². The predicted molar refractivity (Wildman–Crippen MR) is 74.6 cm³/mol. The number of nitrogens with one attached hydrogen (secondary N) is 1. The molecule has 1 aromatic carbocycles. The summed E-state index contributed by atoms with van der Waals surface area (Å²) < 4.78 is 14.1. The third kappa shape index (κ3) is 5.00. The van der Waals surface area contributed by atoms with Crippen molar-refractivity contribution in [2.75, 3.05) is 6.54 Å². The van der Waals surface area contributed by atoms with Crippen LogP contribution in [0.25, 0.3) is 0 Å². The summed E-state index contributed by atoms with van der Waals surface area (Å²) in [6.45, 7) is 8.96. The molecule has 0 spiro atoms. The number of hydrogen-bond acceptors (Lipinski definition) is 1. The standard InChI is InChI=1S/C14H19BrFN/c1-4-5-17-14(6-10(2)3)11-7-12(15)9-13(16)8-11/h7-9,14,17H,2,4-6H2,1,3H3. The van der Waals surface area contributed by atoms with Gasteiger partial charge in [-0.05, 0) is 50.1 Å². The van der Waals surface area contributed by atoms with Crippen molar-refractivity contribution in [3.63, 3.8) is 0 Å². The van der Waals surface area contributed by atoms with Gasteiger partial charge in [0.2, 0.25) is 0 Å². The van der Waals surface area contributed by atoms with Crippen molar-refractivity contribution in [3.05, 3.63) is 46.2 Å². The highest BCUT2D eigenvalue weighted by Crippen LogP contribution is 2.24. The van der Waals surface area contributed by atoms with E-state index in [2.05, 4.69) is 34.7 Å². The number of hydrogen-bond donors (Lipinski definition) is 1. The fourth-order valence-corrected chi connectivity index (χ4v) is 2.23. The zero-order chi connectivity index (χ0) is 12.8. The molecule has 3 heteroatoms. The van der Waals surface area contributed by atoms with Crippen LogP contribution in [0.5, 0.6) is 0 Å². The predicted octanol–water partition coefficient (Wildman–Crippen LogP) is 4.60. The lowest BCUT2D eigenvalue weighted by Crippen LogP contribution is -2.22. The van der Waals surface area contributed by atoms with Gasteiger partial charge in [-0.1, -0.05) is 28.4 Å². The summed E-state index contributed by atoms with van der Waals surface area (Å²) in [5.74, 6) is -0.209. The van der Waals surface area contributed by atoms with E-state index in [0.717, 1.165) is 35.0 Å². The smallest absolute Gasteiger partial charge is 0.124 e. The first-order valence-corrected chi connectivity index (χ1v) is 6.66. The first-order chi connectivity index (χ1) is 8.02. The minimum absolute atomic E-state index is 0.138. The van der Waals surface area contributed by atoms with Crippen LogP contribution >= 0.6 is 15.9 Å². The molecular formula is C14H19BrFN. The van der Waals surface area contributed by atoms with E-state index in [1.807, 2.05) is 13.0 Å². The fourth-order valence-electron chi connectivity index (χ4n) is 1.75. The molecule has 1 rings (SSSR count). The first kappa shape index (κ1) is 14.4. The summed E-state index contributed by atoms with van der Waals surface area (Å²) in [5, 5.41) is 3.42. The van der Waals surface area contributed by atoms with Crippen LogP contribution in [0.15, 0.2) is 34.8 Å². The van der Waals surface area contributed by atoms with Gasteiger partial charge in [0.05, 0.1) is 0 Å². The Labute approximate surface area is 111 Å². The second-order valence-corrected chi connectivity index (χ2v) is 5.29. The molecule has 1 aromatic rings. The Morgan fingerprint density at radius 1 is 1.47 bits per heavy atom. The Hall–Kier alpha value is -0.670. The second kappa shape index (κ2) is 6.92. The average molecular weight is 300 g/mol. The third-order valence-corrected chi connectivity index (χ3v) is 2.94. The summed E-state index contributed by atoms with van der Waals surface area (Å²) in [5.41, 5.74) is 2.06. The molecule has 1 N–H and O–H groups in total. The molecule has 0 amide bonds. The molecule has 17 heavy (non-hydrogen) atoms. The maximum atomic E-state index is 13.4. The van der Waals surface area contributed by atoms with Crippen LogP contribution in [0.2, 0.25) is 0 Å². The topological polar surface area (TPSA) is 12.0 Å². The van der Waals surface area contributed by atoms with Crippen molar-refractivity contribution >= 4 is 15.9 Å². The van der Waals surface area contributed by atoms with E-state index in [1.165, 1.54) is 6.07 Å². The van der Waals surface area contributed by atoms with Crippen molar-refractivity contribution in [2.45, 2.75) is 32.7 Å². The molecule has 1 nitrogen and oxygen atoms in total. The van der Waals surface area contributed by atoms with E-state index in [1.54, 1.807) is 6.07 Å². The zero-order valence-corrected chi connectivity index (χ0v) is 12.0. The molecule has 0 aliphatic heterocycles. The van der Waals surface area contributed by atoms with Gasteiger partial charge in [-0.15, -0.1) is 6.58 Å². The molecule has 0 saturated carbocycles. The Kier molecular flexibility index (Phi) is 5.86. The third-order valence-electron chi connectivity index (χ3n) is 2.48. The van der Waals surface area contributed by atoms with Crippen LogP contribution in [0.4, 0.5) is 4.39 Å². The monoisotopic (exact) mass is 299 g/mol. The Bertz CT molecular complexity index is 370. The van der Waals surface area contributed by atoms with Gasteiger partial charge in [0.25, 0.3) is 0 Å². The van der Waals surface area contributed by atoms with E-state index in [-0.39, 0.29) is 11.9 Å². The van der Waals surface area contributed by atoms with Crippen LogP contribution in [-0.4, -0.2) is 6.54 Å². The highest BCUT2D eigenvalue weighted by molar-refractivity contribution is 9.10. The fraction of sp³-hybridized carbons (Fsp3) is 0.429. The molecule has 0 aromatic heterocycles. The second-order valence-electron chi connectivity index (χ2n) is 4.37. The van der Waals surface area contributed by atoms with Gasteiger partial charge in [-0.25, -0.2) is 4.39 Å². The van der Waals surface area contributed by atoms with Crippen molar-refractivity contribution in [1.29, 1.82) is 0 Å². The van der Waals surface area contributed by atoms with E-state index in [9.17, 15) is 4.39 Å². The molecule has 0 saturated heterocycles. The molecule has 0 bridgehead atoms. The lowest BCUT2D eigenvalue weighted by molar-refractivity contribution is 0.522. The van der Waals surface area contributed by atoms with Gasteiger partial charge in [0.15, 0.2) is 0 Å². The Morgan fingerprint density at radius 3 is 2.71 bits per heavy atom. The number of rotatable bonds is 6. The summed E-state index contributed by atoms with van der Waals surface area (Å²) in [7, 11) is 0. The minimum Gasteiger partial charge on any atom is -0.310 e. The van der Waals surface area contributed by atoms with Crippen LogP contribution in [-0.2, 0) is 0 Å². The van der Waals surface area contributed by atoms with Gasteiger partial charge in [-0.3, -0.25) is 0 Å². The largest absolute Gasteiger partial charge is 0.310 e. The van der Waals surface area contributed by atoms with Gasteiger partial charge >= 0.3 is 0 Å². The maximum absolute atomic E-state index is 13.4. The van der Waals surface area contributed by atoms with Gasteiger partial charge in [0.1, 0.15) is 5.82 Å². The molecule has 1 unspecified atom stereocenters. The highest BCUT2D eigenvalue weighted by Gasteiger charge is 2.12. The average Bonchev–Trinajstić information content (AvgIpc) is 2.22. The summed E-state index contributed by atoms with van der Waals surface area (Å²) >= 11 is 3.33. The minimum atomic E-state index is -0.209. The molecule has 0 aliphatic rings. The van der Waals surface area contributed by atoms with Crippen LogP contribution in [0.3, 0.4) is 0 Å². The van der Waals surface area contributed by atoms with Gasteiger partial charge in [-0.2, -0.15) is 0 Å². The Morgan fingerprint density at radius 2 is 2.18 bits per heavy atom. The zero-order valence-electron chi connectivity index (χ0n) is 10.4. The van der Waals surface area contributed by atoms with Crippen molar-refractivity contribution in [3.8, 4) is 0 Å². The van der Waals surface area contributed by atoms with Crippen molar-refractivity contribution < 1.29 is 4.39 Å². The lowest BCUT2D eigenvalue weighted by atomic mass is 10.00. The lowest BCUT2D eigenvalue weighted by Gasteiger charge is -2.19. The van der Waals surface area contributed by atoms with Crippen LogP contribution in [0.1, 0.15) is 38.3 Å². The van der Waals surface area contributed by atoms with E-state index in [0.29, 0.717) is 0 Å².